The molecule has 0 heterocycles. The molecule has 0 radical (unpaired) electrons. The van der Waals surface area contributed by atoms with Crippen LogP contribution in [-0.2, 0) is 0 Å². The maximum Gasteiger partial charge on any atom is 0.136 e. The van der Waals surface area contributed by atoms with Crippen LogP contribution in [0.3, 0.4) is 0 Å². The van der Waals surface area contributed by atoms with Crippen LogP contribution in [0.5, 0.6) is 11.5 Å². The quantitative estimate of drug-likeness (QED) is 0.843. The molecule has 3 heteroatoms. The van der Waals surface area contributed by atoms with E-state index in [4.69, 9.17) is 4.74 Å². The highest BCUT2D eigenvalue weighted by Crippen LogP contribution is 2.31. The topological polar surface area (TPSA) is 29.5 Å². The standard InChI is InChI=1S/C12H15IO2/c13-12-10(14)7-4-8-11(12)15-9-5-2-1-3-6-9/h4,7-9,14H,1-3,5-6H2. The largest absolute Gasteiger partial charge is 0.507 e. The highest BCUT2D eigenvalue weighted by Gasteiger charge is 2.16. The Kier molecular flexibility index (Phi) is 3.72. The number of hydrogen-bond donors (Lipinski definition) is 1. The molecule has 0 aliphatic heterocycles. The lowest BCUT2D eigenvalue weighted by Crippen LogP contribution is -2.19. The number of aromatic hydroxyl groups is 1. The third-order valence-electron chi connectivity index (χ3n) is 2.79. The summed E-state index contributed by atoms with van der Waals surface area (Å²) < 4.78 is 6.72. The van der Waals surface area contributed by atoms with Crippen LogP contribution in [0.15, 0.2) is 18.2 Å². The van der Waals surface area contributed by atoms with E-state index < -0.39 is 0 Å². The first-order chi connectivity index (χ1) is 7.27. The van der Waals surface area contributed by atoms with Gasteiger partial charge >= 0.3 is 0 Å². The smallest absolute Gasteiger partial charge is 0.136 e. The van der Waals surface area contributed by atoms with E-state index in [9.17, 15) is 5.11 Å². The molecule has 2 nitrogen and oxygen atoms in total. The predicted octanol–water partition coefficient (Wildman–Crippen LogP) is 3.71. The Morgan fingerprint density at radius 2 is 1.93 bits per heavy atom. The Morgan fingerprint density at radius 1 is 1.20 bits per heavy atom. The molecule has 1 aliphatic carbocycles. The van der Waals surface area contributed by atoms with Gasteiger partial charge in [-0.05, 0) is 60.4 Å². The van der Waals surface area contributed by atoms with E-state index in [1.54, 1.807) is 6.07 Å². The fourth-order valence-electron chi connectivity index (χ4n) is 1.95. The van der Waals surface area contributed by atoms with E-state index in [1.807, 2.05) is 12.1 Å². The number of halogens is 1. The van der Waals surface area contributed by atoms with Crippen LogP contribution in [0.25, 0.3) is 0 Å². The lowest BCUT2D eigenvalue weighted by atomic mass is 9.98. The molecule has 1 N–H and O–H groups in total. The summed E-state index contributed by atoms with van der Waals surface area (Å²) in [7, 11) is 0. The van der Waals surface area contributed by atoms with Crippen molar-refractivity contribution in [3.63, 3.8) is 0 Å². The van der Waals surface area contributed by atoms with Gasteiger partial charge in [0.25, 0.3) is 0 Å². The summed E-state index contributed by atoms with van der Waals surface area (Å²) in [6.45, 7) is 0. The summed E-state index contributed by atoms with van der Waals surface area (Å²) in [5, 5.41) is 9.54. The van der Waals surface area contributed by atoms with Crippen LogP contribution in [0.4, 0.5) is 0 Å². The SMILES string of the molecule is Oc1cccc(OC2CCCCC2)c1I. The summed E-state index contributed by atoms with van der Waals surface area (Å²) >= 11 is 2.13. The molecule has 0 bridgehead atoms. The summed E-state index contributed by atoms with van der Waals surface area (Å²) in [4.78, 5) is 0. The zero-order valence-electron chi connectivity index (χ0n) is 8.58. The number of rotatable bonds is 2. The highest BCUT2D eigenvalue weighted by atomic mass is 127. The van der Waals surface area contributed by atoms with Gasteiger partial charge in [0.2, 0.25) is 0 Å². The first-order valence-corrected chi connectivity index (χ1v) is 6.49. The molecular formula is C12H15IO2. The molecule has 1 aromatic rings. The molecule has 1 fully saturated rings. The molecule has 15 heavy (non-hydrogen) atoms. The summed E-state index contributed by atoms with van der Waals surface area (Å²) in [6.07, 6.45) is 6.49. The van der Waals surface area contributed by atoms with Crippen molar-refractivity contribution in [2.45, 2.75) is 38.2 Å². The normalized spacial score (nSPS) is 17.7. The van der Waals surface area contributed by atoms with Crippen molar-refractivity contribution in [2.75, 3.05) is 0 Å². The van der Waals surface area contributed by atoms with Gasteiger partial charge in [-0.3, -0.25) is 0 Å². The van der Waals surface area contributed by atoms with E-state index in [1.165, 1.54) is 19.3 Å². The maximum absolute atomic E-state index is 9.54. The molecular weight excluding hydrogens is 303 g/mol. The van der Waals surface area contributed by atoms with Gasteiger partial charge in [0.15, 0.2) is 0 Å². The minimum Gasteiger partial charge on any atom is -0.507 e. The summed E-state index contributed by atoms with van der Waals surface area (Å²) in [5.41, 5.74) is 0. The van der Waals surface area contributed by atoms with Gasteiger partial charge in [-0.15, -0.1) is 0 Å². The fraction of sp³-hybridized carbons (Fsp3) is 0.500. The minimum absolute atomic E-state index is 0.309. The average Bonchev–Trinajstić information content (AvgIpc) is 2.26. The molecule has 1 saturated carbocycles. The number of ether oxygens (including phenoxy) is 1. The van der Waals surface area contributed by atoms with Crippen molar-refractivity contribution in [3.8, 4) is 11.5 Å². The Morgan fingerprint density at radius 3 is 2.67 bits per heavy atom. The van der Waals surface area contributed by atoms with Gasteiger partial charge in [0.1, 0.15) is 11.5 Å². The van der Waals surface area contributed by atoms with E-state index >= 15 is 0 Å². The zero-order chi connectivity index (χ0) is 10.7. The fourth-order valence-corrected chi connectivity index (χ4v) is 2.44. The van der Waals surface area contributed by atoms with Crippen LogP contribution in [0.2, 0.25) is 0 Å². The summed E-state index contributed by atoms with van der Waals surface area (Å²) in [6, 6.07) is 5.45. The van der Waals surface area contributed by atoms with Gasteiger partial charge in [0, 0.05) is 0 Å². The van der Waals surface area contributed by atoms with Crippen molar-refractivity contribution < 1.29 is 9.84 Å². The molecule has 1 aromatic carbocycles. The van der Waals surface area contributed by atoms with E-state index in [2.05, 4.69) is 22.6 Å². The number of phenolic OH excluding ortho intramolecular Hbond substituents is 1. The third-order valence-corrected chi connectivity index (χ3v) is 3.87. The van der Waals surface area contributed by atoms with E-state index in [-0.39, 0.29) is 0 Å². The van der Waals surface area contributed by atoms with Crippen LogP contribution in [0.1, 0.15) is 32.1 Å². The Hall–Kier alpha value is -0.450. The number of hydrogen-bond acceptors (Lipinski definition) is 2. The van der Waals surface area contributed by atoms with Crippen LogP contribution in [0, 0.1) is 3.57 Å². The van der Waals surface area contributed by atoms with Gasteiger partial charge in [-0.2, -0.15) is 0 Å². The Balaban J connectivity index is 2.06. The number of phenols is 1. The molecule has 0 saturated heterocycles. The first kappa shape index (κ1) is 11.0. The molecule has 82 valence electrons. The van der Waals surface area contributed by atoms with Crippen LogP contribution in [-0.4, -0.2) is 11.2 Å². The number of benzene rings is 1. The average molecular weight is 318 g/mol. The van der Waals surface area contributed by atoms with Crippen LogP contribution < -0.4 is 4.74 Å². The van der Waals surface area contributed by atoms with Crippen molar-refractivity contribution in [2.24, 2.45) is 0 Å². The second-order valence-electron chi connectivity index (χ2n) is 3.97. The molecule has 0 aromatic heterocycles. The van der Waals surface area contributed by atoms with Gasteiger partial charge in [-0.1, -0.05) is 12.5 Å². The second-order valence-corrected chi connectivity index (χ2v) is 5.05. The maximum atomic E-state index is 9.54. The third kappa shape index (κ3) is 2.77. The van der Waals surface area contributed by atoms with Gasteiger partial charge in [-0.25, -0.2) is 0 Å². The first-order valence-electron chi connectivity index (χ1n) is 5.41. The van der Waals surface area contributed by atoms with Crippen LogP contribution >= 0.6 is 22.6 Å². The zero-order valence-corrected chi connectivity index (χ0v) is 10.7. The van der Waals surface area contributed by atoms with Crippen molar-refractivity contribution in [1.29, 1.82) is 0 Å². The summed E-state index contributed by atoms with van der Waals surface area (Å²) in [5.74, 6) is 1.13. The van der Waals surface area contributed by atoms with Gasteiger partial charge in [0.05, 0.1) is 9.67 Å². The molecule has 0 unspecified atom stereocenters. The molecule has 0 spiro atoms. The Bertz CT molecular complexity index is 332. The highest BCUT2D eigenvalue weighted by molar-refractivity contribution is 14.1. The molecule has 1 aliphatic rings. The monoisotopic (exact) mass is 318 g/mol. The Labute approximate surface area is 104 Å². The lowest BCUT2D eigenvalue weighted by molar-refractivity contribution is 0.153. The van der Waals surface area contributed by atoms with E-state index in [0.29, 0.717) is 11.9 Å². The lowest BCUT2D eigenvalue weighted by Gasteiger charge is -2.23. The second kappa shape index (κ2) is 5.05. The minimum atomic E-state index is 0.309. The van der Waals surface area contributed by atoms with Crippen molar-refractivity contribution >= 4 is 22.6 Å². The van der Waals surface area contributed by atoms with Crippen molar-refractivity contribution in [1.82, 2.24) is 0 Å². The predicted molar refractivity (Wildman–Crippen MR) is 68.3 cm³/mol. The molecule has 0 amide bonds. The molecule has 2 rings (SSSR count). The molecule has 0 atom stereocenters. The van der Waals surface area contributed by atoms with Crippen molar-refractivity contribution in [3.05, 3.63) is 21.8 Å². The van der Waals surface area contributed by atoms with E-state index in [0.717, 1.165) is 22.2 Å². The van der Waals surface area contributed by atoms with Gasteiger partial charge < -0.3 is 9.84 Å².